The Labute approximate surface area is 231 Å². The van der Waals surface area contributed by atoms with Crippen LogP contribution in [0.2, 0.25) is 0 Å². The molecule has 0 saturated heterocycles. The molecule has 3 aromatic carbocycles. The van der Waals surface area contributed by atoms with E-state index in [4.69, 9.17) is 0 Å². The molecule has 0 fully saturated rings. The van der Waals surface area contributed by atoms with Crippen molar-refractivity contribution < 1.29 is 27.6 Å². The van der Waals surface area contributed by atoms with Crippen molar-refractivity contribution >= 4 is 17.6 Å². The van der Waals surface area contributed by atoms with Gasteiger partial charge in [-0.2, -0.15) is 13.2 Å². The van der Waals surface area contributed by atoms with Crippen molar-refractivity contribution in [2.24, 2.45) is 0 Å². The summed E-state index contributed by atoms with van der Waals surface area (Å²) in [7, 11) is 0. The first-order valence-electron chi connectivity index (χ1n) is 12.9. The summed E-state index contributed by atoms with van der Waals surface area (Å²) in [6, 6.07) is 22.6. The number of carbonyl (C=O) groups excluding carboxylic acids is 3. The van der Waals surface area contributed by atoms with Gasteiger partial charge in [-0.1, -0.05) is 93.6 Å². The second kappa shape index (κ2) is 10.8. The third-order valence-electron chi connectivity index (χ3n) is 7.18. The summed E-state index contributed by atoms with van der Waals surface area (Å²) in [4.78, 5) is 41.8. The van der Waals surface area contributed by atoms with Gasteiger partial charge in [0.1, 0.15) is 0 Å². The molecule has 5 nitrogen and oxygen atoms in total. The van der Waals surface area contributed by atoms with E-state index in [-0.39, 0.29) is 35.2 Å². The minimum atomic E-state index is -5.31. The molecule has 1 N–H and O–H groups in total. The average Bonchev–Trinajstić information content (AvgIpc) is 3.13. The van der Waals surface area contributed by atoms with Gasteiger partial charge in [0, 0.05) is 23.4 Å². The molecule has 0 radical (unpaired) electrons. The van der Waals surface area contributed by atoms with Gasteiger partial charge in [-0.15, -0.1) is 0 Å². The van der Waals surface area contributed by atoms with Crippen molar-refractivity contribution in [2.45, 2.75) is 51.2 Å². The highest BCUT2D eigenvalue weighted by molar-refractivity contribution is 6.19. The number of amides is 2. The maximum Gasteiger partial charge on any atom is 0.425 e. The molecule has 1 atom stereocenters. The number of allylic oxidation sites excluding steroid dienone is 1. The molecular formula is C32H31F3N2O3. The largest absolute Gasteiger partial charge is 0.425 e. The van der Waals surface area contributed by atoms with Crippen molar-refractivity contribution in [3.63, 3.8) is 0 Å². The minimum absolute atomic E-state index is 0.0213. The first-order chi connectivity index (χ1) is 18.8. The van der Waals surface area contributed by atoms with Crippen molar-refractivity contribution in [3.05, 3.63) is 118 Å². The Kier molecular flexibility index (Phi) is 7.74. The molecule has 0 unspecified atom stereocenters. The Morgan fingerprint density at radius 2 is 1.38 bits per heavy atom. The molecule has 0 saturated carbocycles. The topological polar surface area (TPSA) is 66.5 Å². The van der Waals surface area contributed by atoms with Crippen LogP contribution in [0.15, 0.2) is 96.2 Å². The molecule has 0 aromatic heterocycles. The predicted molar refractivity (Wildman–Crippen MR) is 147 cm³/mol. The molecule has 40 heavy (non-hydrogen) atoms. The molecular weight excluding hydrogens is 517 g/mol. The highest BCUT2D eigenvalue weighted by Gasteiger charge is 2.70. The van der Waals surface area contributed by atoms with E-state index >= 15 is 13.2 Å². The van der Waals surface area contributed by atoms with Gasteiger partial charge in [-0.05, 0) is 42.0 Å². The third kappa shape index (κ3) is 5.30. The Balaban J connectivity index is 1.80. The van der Waals surface area contributed by atoms with Crippen molar-refractivity contribution in [2.75, 3.05) is 6.54 Å². The van der Waals surface area contributed by atoms with Gasteiger partial charge in [-0.3, -0.25) is 14.4 Å². The molecule has 0 bridgehead atoms. The minimum Gasteiger partial charge on any atom is -0.326 e. The number of rotatable bonds is 7. The molecule has 4 rings (SSSR count). The van der Waals surface area contributed by atoms with Crippen LogP contribution in [0, 0.1) is 0 Å². The fraction of sp³-hybridized carbons (Fsp3) is 0.281. The van der Waals surface area contributed by atoms with Crippen LogP contribution >= 0.6 is 0 Å². The summed E-state index contributed by atoms with van der Waals surface area (Å²) in [5.74, 6) is -3.50. The quantitative estimate of drug-likeness (QED) is 0.355. The summed E-state index contributed by atoms with van der Waals surface area (Å²) in [6.45, 7) is 7.12. The second-order valence-corrected chi connectivity index (χ2v) is 10.9. The van der Waals surface area contributed by atoms with E-state index in [2.05, 4.69) is 0 Å². The summed E-state index contributed by atoms with van der Waals surface area (Å²) in [6.07, 6.45) is -5.06. The number of Topliss-reactive ketones (excluding diaryl/α,β-unsaturated/α-hetero) is 1. The van der Waals surface area contributed by atoms with Gasteiger partial charge in [0.15, 0.2) is 5.78 Å². The first-order valence-corrected chi connectivity index (χ1v) is 12.9. The van der Waals surface area contributed by atoms with Crippen LogP contribution < -0.4 is 5.32 Å². The van der Waals surface area contributed by atoms with E-state index in [0.29, 0.717) is 0 Å². The van der Waals surface area contributed by atoms with E-state index in [0.717, 1.165) is 16.0 Å². The Hall–Kier alpha value is -4.20. The highest BCUT2D eigenvalue weighted by Crippen LogP contribution is 2.46. The number of benzene rings is 3. The maximum atomic E-state index is 15.2. The number of nitrogens with zero attached hydrogens (tertiary/aromatic N) is 1. The lowest BCUT2D eigenvalue weighted by molar-refractivity contribution is -0.189. The van der Waals surface area contributed by atoms with Gasteiger partial charge in [0.05, 0.1) is 5.57 Å². The Bertz CT molecular complexity index is 1440. The van der Waals surface area contributed by atoms with Gasteiger partial charge >= 0.3 is 6.18 Å². The van der Waals surface area contributed by atoms with Crippen LogP contribution in [0.1, 0.15) is 59.5 Å². The number of carbonyl (C=O) groups is 3. The average molecular weight is 549 g/mol. The molecule has 0 spiro atoms. The summed E-state index contributed by atoms with van der Waals surface area (Å²) in [5, 5.41) is 1.98. The zero-order valence-electron chi connectivity index (χ0n) is 22.8. The SMILES string of the molecule is CC1=C(C(=O)c2ccccc2)[C@@](NC(=O)c2ccc(C(C)(C)C)cc2)(C(F)(F)F)C(=O)N1CCc1ccccc1. The molecule has 2 amide bonds. The lowest BCUT2D eigenvalue weighted by Crippen LogP contribution is -2.66. The van der Waals surface area contributed by atoms with Crippen molar-refractivity contribution in [3.8, 4) is 0 Å². The van der Waals surface area contributed by atoms with E-state index in [9.17, 15) is 14.4 Å². The fourth-order valence-corrected chi connectivity index (χ4v) is 4.91. The number of hydrogen-bond acceptors (Lipinski definition) is 3. The highest BCUT2D eigenvalue weighted by atomic mass is 19.4. The standard InChI is InChI=1S/C32H31F3N2O3/c1-21-26(27(38)23-13-9-6-10-14-23)31(32(33,34)35,29(40)37(21)20-19-22-11-7-5-8-12-22)36-28(39)24-15-17-25(18-16-24)30(2,3)4/h5-18H,19-20H2,1-4H3,(H,36,39)/t31-/m0/s1. The monoisotopic (exact) mass is 548 g/mol. The summed E-state index contributed by atoms with van der Waals surface area (Å²) >= 11 is 0. The van der Waals surface area contributed by atoms with E-state index in [1.807, 2.05) is 32.2 Å². The molecule has 3 aromatic rings. The third-order valence-corrected chi connectivity index (χ3v) is 7.18. The van der Waals surface area contributed by atoms with Gasteiger partial charge in [0.2, 0.25) is 5.54 Å². The van der Waals surface area contributed by atoms with E-state index in [1.165, 1.54) is 43.3 Å². The first kappa shape index (κ1) is 28.8. The lowest BCUT2D eigenvalue weighted by Gasteiger charge is -2.33. The zero-order chi connectivity index (χ0) is 29.3. The number of halogens is 3. The van der Waals surface area contributed by atoms with Crippen LogP contribution in [0.3, 0.4) is 0 Å². The number of ketones is 1. The summed E-state index contributed by atoms with van der Waals surface area (Å²) < 4.78 is 45.5. The second-order valence-electron chi connectivity index (χ2n) is 10.9. The number of alkyl halides is 3. The fourth-order valence-electron chi connectivity index (χ4n) is 4.91. The van der Waals surface area contributed by atoms with Crippen molar-refractivity contribution in [1.82, 2.24) is 10.2 Å². The van der Waals surface area contributed by atoms with Crippen LogP contribution in [-0.2, 0) is 16.6 Å². The molecule has 1 aliphatic heterocycles. The van der Waals surface area contributed by atoms with Crippen LogP contribution in [-0.4, -0.2) is 40.8 Å². The predicted octanol–water partition coefficient (Wildman–Crippen LogP) is 6.26. The molecule has 1 heterocycles. The maximum absolute atomic E-state index is 15.2. The number of nitrogens with one attached hydrogen (secondary N) is 1. The van der Waals surface area contributed by atoms with Gasteiger partial charge in [-0.25, -0.2) is 0 Å². The van der Waals surface area contributed by atoms with Crippen LogP contribution in [0.25, 0.3) is 0 Å². The normalized spacial score (nSPS) is 17.8. The van der Waals surface area contributed by atoms with Crippen molar-refractivity contribution in [1.29, 1.82) is 0 Å². The Morgan fingerprint density at radius 3 is 1.90 bits per heavy atom. The van der Waals surface area contributed by atoms with Gasteiger partial charge < -0.3 is 10.2 Å². The Morgan fingerprint density at radius 1 is 0.825 bits per heavy atom. The van der Waals surface area contributed by atoms with E-state index in [1.54, 1.807) is 42.5 Å². The van der Waals surface area contributed by atoms with E-state index < -0.39 is 34.9 Å². The molecule has 208 valence electrons. The molecule has 8 heteroatoms. The number of hydrogen-bond donors (Lipinski definition) is 1. The summed E-state index contributed by atoms with van der Waals surface area (Å²) in [5.41, 5.74) is -3.12. The van der Waals surface area contributed by atoms with Gasteiger partial charge in [0.25, 0.3) is 11.8 Å². The van der Waals surface area contributed by atoms with Crippen LogP contribution in [0.4, 0.5) is 13.2 Å². The molecule has 1 aliphatic rings. The molecule has 0 aliphatic carbocycles. The zero-order valence-corrected chi connectivity index (χ0v) is 22.8. The van der Waals surface area contributed by atoms with Crippen LogP contribution in [0.5, 0.6) is 0 Å². The smallest absolute Gasteiger partial charge is 0.326 e. The lowest BCUT2D eigenvalue weighted by atomic mass is 9.83.